The van der Waals surface area contributed by atoms with Crippen LogP contribution >= 0.6 is 22.6 Å². The van der Waals surface area contributed by atoms with Gasteiger partial charge in [-0.3, -0.25) is 0 Å². The molecule has 0 saturated carbocycles. The SMILES string of the molecule is COC(=O)c1c(I)ncc(OC)c1C(F)F. The maximum atomic E-state index is 12.8. The number of pyridine rings is 1. The summed E-state index contributed by atoms with van der Waals surface area (Å²) in [6.45, 7) is 0. The summed E-state index contributed by atoms with van der Waals surface area (Å²) >= 11 is 1.69. The molecule has 1 aromatic rings. The Labute approximate surface area is 104 Å². The molecule has 88 valence electrons. The van der Waals surface area contributed by atoms with E-state index in [-0.39, 0.29) is 15.0 Å². The van der Waals surface area contributed by atoms with Crippen LogP contribution in [0.1, 0.15) is 22.3 Å². The highest BCUT2D eigenvalue weighted by Crippen LogP contribution is 2.33. The van der Waals surface area contributed by atoms with Gasteiger partial charge in [-0.05, 0) is 22.6 Å². The zero-order valence-electron chi connectivity index (χ0n) is 8.46. The number of alkyl halides is 2. The van der Waals surface area contributed by atoms with Crippen molar-refractivity contribution in [1.29, 1.82) is 0 Å². The molecule has 0 aliphatic heterocycles. The molecule has 0 aliphatic carbocycles. The lowest BCUT2D eigenvalue weighted by atomic mass is 10.1. The average molecular weight is 343 g/mol. The van der Waals surface area contributed by atoms with E-state index in [0.29, 0.717) is 0 Å². The van der Waals surface area contributed by atoms with Gasteiger partial charge in [0, 0.05) is 0 Å². The van der Waals surface area contributed by atoms with E-state index in [1.54, 1.807) is 22.6 Å². The minimum atomic E-state index is -2.83. The molecule has 0 amide bonds. The first kappa shape index (κ1) is 13.1. The predicted molar refractivity (Wildman–Crippen MR) is 59.8 cm³/mol. The number of carbonyl (C=O) groups excluding carboxylic acids is 1. The number of hydrogen-bond acceptors (Lipinski definition) is 4. The molecule has 1 rings (SSSR count). The molecule has 0 saturated heterocycles. The molecule has 0 atom stereocenters. The number of aromatic nitrogens is 1. The first-order chi connectivity index (χ1) is 7.52. The number of methoxy groups -OCH3 is 2. The van der Waals surface area contributed by atoms with E-state index in [4.69, 9.17) is 4.74 Å². The molecule has 0 spiro atoms. The van der Waals surface area contributed by atoms with Gasteiger partial charge in [-0.1, -0.05) is 0 Å². The summed E-state index contributed by atoms with van der Waals surface area (Å²) in [6.07, 6.45) is -1.68. The Bertz CT molecular complexity index is 412. The van der Waals surface area contributed by atoms with Gasteiger partial charge in [0.25, 0.3) is 6.43 Å². The monoisotopic (exact) mass is 343 g/mol. The number of ether oxygens (including phenoxy) is 2. The van der Waals surface area contributed by atoms with Crippen molar-refractivity contribution in [3.8, 4) is 5.75 Å². The molecule has 0 aliphatic rings. The Morgan fingerprint density at radius 2 is 2.12 bits per heavy atom. The van der Waals surface area contributed by atoms with Gasteiger partial charge in [0.1, 0.15) is 15.0 Å². The minimum absolute atomic E-state index is 0.129. The summed E-state index contributed by atoms with van der Waals surface area (Å²) in [6, 6.07) is 0. The standard InChI is InChI=1S/C9H8F2INO3/c1-15-4-3-13-8(12)6(9(14)16-2)5(4)7(10)11/h3,7H,1-2H3. The Morgan fingerprint density at radius 1 is 1.50 bits per heavy atom. The lowest BCUT2D eigenvalue weighted by Gasteiger charge is -2.12. The van der Waals surface area contributed by atoms with Gasteiger partial charge in [0.2, 0.25) is 0 Å². The van der Waals surface area contributed by atoms with Crippen LogP contribution in [-0.2, 0) is 4.74 Å². The van der Waals surface area contributed by atoms with Crippen LogP contribution in [-0.4, -0.2) is 25.2 Å². The Morgan fingerprint density at radius 3 is 2.56 bits per heavy atom. The van der Waals surface area contributed by atoms with Gasteiger partial charge in [-0.25, -0.2) is 18.6 Å². The van der Waals surface area contributed by atoms with E-state index >= 15 is 0 Å². The first-order valence-corrected chi connectivity index (χ1v) is 5.19. The van der Waals surface area contributed by atoms with Crippen LogP contribution in [0.25, 0.3) is 0 Å². The fourth-order valence-corrected chi connectivity index (χ4v) is 1.81. The van der Waals surface area contributed by atoms with E-state index in [2.05, 4.69) is 9.72 Å². The smallest absolute Gasteiger partial charge is 0.341 e. The molecule has 1 heterocycles. The number of esters is 1. The van der Waals surface area contributed by atoms with Crippen LogP contribution in [0.2, 0.25) is 0 Å². The minimum Gasteiger partial charge on any atom is -0.495 e. The summed E-state index contributed by atoms with van der Waals surface area (Å²) in [4.78, 5) is 15.2. The quantitative estimate of drug-likeness (QED) is 0.481. The zero-order chi connectivity index (χ0) is 12.3. The van der Waals surface area contributed by atoms with Crippen molar-refractivity contribution in [3.05, 3.63) is 21.0 Å². The molecule has 0 bridgehead atoms. The fourth-order valence-electron chi connectivity index (χ4n) is 1.16. The van der Waals surface area contributed by atoms with Gasteiger partial charge in [-0.2, -0.15) is 0 Å². The molecule has 7 heteroatoms. The summed E-state index contributed by atoms with van der Waals surface area (Å²) in [7, 11) is 2.35. The summed E-state index contributed by atoms with van der Waals surface area (Å²) in [5, 5.41) is 0. The van der Waals surface area contributed by atoms with Gasteiger partial charge in [0.15, 0.2) is 0 Å². The fraction of sp³-hybridized carbons (Fsp3) is 0.333. The van der Waals surface area contributed by atoms with E-state index in [1.807, 2.05) is 0 Å². The third-order valence-electron chi connectivity index (χ3n) is 1.86. The van der Waals surface area contributed by atoms with Crippen LogP contribution in [0.4, 0.5) is 8.78 Å². The van der Waals surface area contributed by atoms with Gasteiger partial charge < -0.3 is 9.47 Å². The van der Waals surface area contributed by atoms with Crippen LogP contribution in [0, 0.1) is 3.70 Å². The number of hydrogen-bond donors (Lipinski definition) is 0. The molecule has 0 fully saturated rings. The summed E-state index contributed by atoms with van der Waals surface area (Å²) < 4.78 is 35.0. The third kappa shape index (κ3) is 2.39. The lowest BCUT2D eigenvalue weighted by molar-refractivity contribution is 0.0585. The van der Waals surface area contributed by atoms with Crippen molar-refractivity contribution in [3.63, 3.8) is 0 Å². The highest BCUT2D eigenvalue weighted by atomic mass is 127. The maximum Gasteiger partial charge on any atom is 0.341 e. The summed E-state index contributed by atoms with van der Waals surface area (Å²) in [5.41, 5.74) is -0.744. The van der Waals surface area contributed by atoms with Gasteiger partial charge in [0.05, 0.1) is 26.0 Å². The van der Waals surface area contributed by atoms with E-state index in [0.717, 1.165) is 13.3 Å². The topological polar surface area (TPSA) is 48.4 Å². The molecule has 16 heavy (non-hydrogen) atoms. The Balaban J connectivity index is 3.48. The largest absolute Gasteiger partial charge is 0.495 e. The molecule has 4 nitrogen and oxygen atoms in total. The van der Waals surface area contributed by atoms with Crippen molar-refractivity contribution in [1.82, 2.24) is 4.98 Å². The molecule has 0 unspecified atom stereocenters. The van der Waals surface area contributed by atoms with Crippen molar-refractivity contribution < 1.29 is 23.0 Å². The highest BCUT2D eigenvalue weighted by molar-refractivity contribution is 14.1. The van der Waals surface area contributed by atoms with Crippen molar-refractivity contribution in [2.45, 2.75) is 6.43 Å². The third-order valence-corrected chi connectivity index (χ3v) is 2.68. The molecule has 0 radical (unpaired) electrons. The number of halogens is 3. The van der Waals surface area contributed by atoms with E-state index in [9.17, 15) is 13.6 Å². The highest BCUT2D eigenvalue weighted by Gasteiger charge is 2.27. The van der Waals surface area contributed by atoms with Crippen LogP contribution in [0.15, 0.2) is 6.20 Å². The van der Waals surface area contributed by atoms with E-state index in [1.165, 1.54) is 7.11 Å². The molecular formula is C9H8F2INO3. The number of carbonyl (C=O) groups is 1. The normalized spacial score (nSPS) is 10.4. The Kier molecular flexibility index (Phi) is 4.39. The second kappa shape index (κ2) is 5.37. The Hall–Kier alpha value is -0.990. The van der Waals surface area contributed by atoms with Crippen LogP contribution in [0.3, 0.4) is 0 Å². The lowest BCUT2D eigenvalue weighted by Crippen LogP contribution is -2.11. The predicted octanol–water partition coefficient (Wildman–Crippen LogP) is 2.42. The second-order valence-corrected chi connectivity index (χ2v) is 3.72. The first-order valence-electron chi connectivity index (χ1n) is 4.11. The summed E-state index contributed by atoms with van der Waals surface area (Å²) in [5.74, 6) is -0.984. The van der Waals surface area contributed by atoms with Crippen molar-refractivity contribution in [2.24, 2.45) is 0 Å². The van der Waals surface area contributed by atoms with E-state index < -0.39 is 18.0 Å². The molecular weight excluding hydrogens is 335 g/mol. The van der Waals surface area contributed by atoms with Crippen molar-refractivity contribution >= 4 is 28.6 Å². The van der Waals surface area contributed by atoms with Gasteiger partial charge >= 0.3 is 5.97 Å². The van der Waals surface area contributed by atoms with Crippen LogP contribution < -0.4 is 4.74 Å². The number of rotatable bonds is 3. The second-order valence-electron chi connectivity index (χ2n) is 2.70. The average Bonchev–Trinajstić information content (AvgIpc) is 2.27. The molecule has 0 aromatic carbocycles. The molecule has 1 aromatic heterocycles. The van der Waals surface area contributed by atoms with Crippen molar-refractivity contribution in [2.75, 3.05) is 14.2 Å². The van der Waals surface area contributed by atoms with Gasteiger partial charge in [-0.15, -0.1) is 0 Å². The molecule has 0 N–H and O–H groups in total. The van der Waals surface area contributed by atoms with Crippen LogP contribution in [0.5, 0.6) is 5.75 Å². The zero-order valence-corrected chi connectivity index (χ0v) is 10.6. The number of nitrogens with zero attached hydrogens (tertiary/aromatic N) is 1. The maximum absolute atomic E-state index is 12.8.